The Morgan fingerprint density at radius 2 is 2.30 bits per heavy atom. The zero-order valence-corrected chi connectivity index (χ0v) is 10.8. The van der Waals surface area contributed by atoms with Gasteiger partial charge in [0.05, 0.1) is 12.2 Å². The summed E-state index contributed by atoms with van der Waals surface area (Å²) >= 11 is 0. The zero-order valence-electron chi connectivity index (χ0n) is 10.8. The van der Waals surface area contributed by atoms with E-state index < -0.39 is 0 Å². The fourth-order valence-electron chi connectivity index (χ4n) is 1.56. The summed E-state index contributed by atoms with van der Waals surface area (Å²) in [5.41, 5.74) is 6.85. The predicted molar refractivity (Wildman–Crippen MR) is 71.1 cm³/mol. The molecule has 8 heteroatoms. The first-order valence-corrected chi connectivity index (χ1v) is 5.81. The van der Waals surface area contributed by atoms with Crippen molar-refractivity contribution in [3.63, 3.8) is 0 Å². The second-order valence-corrected chi connectivity index (χ2v) is 4.08. The van der Waals surface area contributed by atoms with E-state index in [1.54, 1.807) is 24.0 Å². The number of amides is 1. The van der Waals surface area contributed by atoms with Gasteiger partial charge in [-0.15, -0.1) is 0 Å². The lowest BCUT2D eigenvalue weighted by atomic mass is 10.2. The van der Waals surface area contributed by atoms with Crippen LogP contribution >= 0.6 is 0 Å². The van der Waals surface area contributed by atoms with Crippen LogP contribution in [0, 0.1) is 0 Å². The number of carbonyl (C=O) groups is 1. The van der Waals surface area contributed by atoms with Gasteiger partial charge >= 0.3 is 0 Å². The molecule has 0 bridgehead atoms. The number of carbonyl (C=O) groups excluding carboxylic acids is 1. The van der Waals surface area contributed by atoms with Crippen LogP contribution in [0.15, 0.2) is 35.7 Å². The van der Waals surface area contributed by atoms with Crippen LogP contribution < -0.4 is 11.1 Å². The molecule has 4 N–H and O–H groups in total. The lowest BCUT2D eigenvalue weighted by molar-refractivity contribution is 0.0945. The highest BCUT2D eigenvalue weighted by molar-refractivity contribution is 5.98. The molecule has 0 saturated carbocycles. The minimum atomic E-state index is -0.318. The highest BCUT2D eigenvalue weighted by atomic mass is 16.4. The van der Waals surface area contributed by atoms with E-state index in [0.29, 0.717) is 12.1 Å². The van der Waals surface area contributed by atoms with Gasteiger partial charge in [0.2, 0.25) is 0 Å². The fourth-order valence-corrected chi connectivity index (χ4v) is 1.56. The quantitative estimate of drug-likeness (QED) is 0.310. The molecule has 0 unspecified atom stereocenters. The number of hydrogen-bond acceptors (Lipinski definition) is 5. The molecule has 0 radical (unpaired) electrons. The van der Waals surface area contributed by atoms with Crippen molar-refractivity contribution < 1.29 is 10.0 Å². The van der Waals surface area contributed by atoms with Gasteiger partial charge in [0.1, 0.15) is 5.69 Å². The number of pyridine rings is 1. The Morgan fingerprint density at radius 1 is 1.50 bits per heavy atom. The standard InChI is InChI=1S/C12H14N6O2/c1-18-5-4-9(16-18)7-15-12(19)10-3-2-8(6-14-10)11(13)17-20/h2-6,20H,7H2,1H3,(H2,13,17)(H,15,19). The minimum absolute atomic E-state index is 0.0575. The van der Waals surface area contributed by atoms with E-state index in [9.17, 15) is 4.79 Å². The minimum Gasteiger partial charge on any atom is -0.409 e. The number of oxime groups is 1. The summed E-state index contributed by atoms with van der Waals surface area (Å²) in [7, 11) is 1.80. The third-order valence-electron chi connectivity index (χ3n) is 2.60. The Hall–Kier alpha value is -2.90. The van der Waals surface area contributed by atoms with Crippen LogP contribution in [-0.2, 0) is 13.6 Å². The number of rotatable bonds is 4. The number of amidine groups is 1. The molecule has 2 heterocycles. The number of nitrogens with one attached hydrogen (secondary N) is 1. The molecule has 2 aromatic heterocycles. The third kappa shape index (κ3) is 3.10. The van der Waals surface area contributed by atoms with Crippen molar-refractivity contribution in [2.75, 3.05) is 0 Å². The monoisotopic (exact) mass is 274 g/mol. The first-order valence-electron chi connectivity index (χ1n) is 5.81. The lowest BCUT2D eigenvalue weighted by Crippen LogP contribution is -2.24. The molecule has 0 aliphatic rings. The molecule has 0 aliphatic heterocycles. The fraction of sp³-hybridized carbons (Fsp3) is 0.167. The molecule has 0 aliphatic carbocycles. The van der Waals surface area contributed by atoms with E-state index in [1.807, 2.05) is 6.07 Å². The molecule has 104 valence electrons. The van der Waals surface area contributed by atoms with Gasteiger partial charge in [0, 0.05) is 25.0 Å². The van der Waals surface area contributed by atoms with E-state index >= 15 is 0 Å². The van der Waals surface area contributed by atoms with Crippen molar-refractivity contribution in [2.24, 2.45) is 17.9 Å². The SMILES string of the molecule is Cn1ccc(CNC(=O)c2ccc(/C(N)=N/O)cn2)n1. The number of nitrogens with zero attached hydrogens (tertiary/aromatic N) is 4. The van der Waals surface area contributed by atoms with Crippen LogP contribution in [0.4, 0.5) is 0 Å². The smallest absolute Gasteiger partial charge is 0.270 e. The average Bonchev–Trinajstić information content (AvgIpc) is 2.89. The van der Waals surface area contributed by atoms with E-state index in [0.717, 1.165) is 5.69 Å². The topological polar surface area (TPSA) is 118 Å². The summed E-state index contributed by atoms with van der Waals surface area (Å²) in [6.45, 7) is 0.323. The van der Waals surface area contributed by atoms with Crippen LogP contribution in [0.5, 0.6) is 0 Å². The molecule has 2 aromatic rings. The van der Waals surface area contributed by atoms with Crippen LogP contribution in [0.3, 0.4) is 0 Å². The van der Waals surface area contributed by atoms with Gasteiger partial charge < -0.3 is 16.3 Å². The van der Waals surface area contributed by atoms with Crippen LogP contribution in [0.2, 0.25) is 0 Å². The van der Waals surface area contributed by atoms with Crippen molar-refractivity contribution in [1.29, 1.82) is 0 Å². The van der Waals surface area contributed by atoms with Crippen LogP contribution in [-0.4, -0.2) is 31.7 Å². The molecule has 2 rings (SSSR count). The second-order valence-electron chi connectivity index (χ2n) is 4.08. The highest BCUT2D eigenvalue weighted by Gasteiger charge is 2.08. The molecule has 20 heavy (non-hydrogen) atoms. The Kier molecular flexibility index (Phi) is 3.94. The van der Waals surface area contributed by atoms with Gasteiger partial charge in [-0.25, -0.2) is 0 Å². The predicted octanol–water partition coefficient (Wildman–Crippen LogP) is -0.160. The van der Waals surface area contributed by atoms with Crippen LogP contribution in [0.1, 0.15) is 21.7 Å². The summed E-state index contributed by atoms with van der Waals surface area (Å²) in [6.07, 6.45) is 3.16. The van der Waals surface area contributed by atoms with Gasteiger partial charge in [-0.05, 0) is 18.2 Å². The summed E-state index contributed by atoms with van der Waals surface area (Å²) in [6, 6.07) is 4.87. The Balaban J connectivity index is 1.99. The molecule has 1 amide bonds. The number of aryl methyl sites for hydroxylation is 1. The van der Waals surface area contributed by atoms with Gasteiger partial charge in [-0.1, -0.05) is 5.16 Å². The van der Waals surface area contributed by atoms with Crippen LogP contribution in [0.25, 0.3) is 0 Å². The van der Waals surface area contributed by atoms with E-state index in [-0.39, 0.29) is 17.4 Å². The first-order chi connectivity index (χ1) is 9.60. The average molecular weight is 274 g/mol. The summed E-state index contributed by atoms with van der Waals surface area (Å²) in [5.74, 6) is -0.375. The highest BCUT2D eigenvalue weighted by Crippen LogP contribution is 2.01. The third-order valence-corrected chi connectivity index (χ3v) is 2.60. The van der Waals surface area contributed by atoms with E-state index in [2.05, 4.69) is 20.6 Å². The molecular weight excluding hydrogens is 260 g/mol. The molecule has 0 atom stereocenters. The first kappa shape index (κ1) is 13.5. The molecular formula is C12H14N6O2. The maximum atomic E-state index is 11.9. The molecule has 0 spiro atoms. The largest absolute Gasteiger partial charge is 0.409 e. The van der Waals surface area contributed by atoms with Crippen molar-refractivity contribution >= 4 is 11.7 Å². The van der Waals surface area contributed by atoms with Crippen molar-refractivity contribution in [1.82, 2.24) is 20.1 Å². The van der Waals surface area contributed by atoms with E-state index in [1.165, 1.54) is 12.3 Å². The number of hydrogen-bond donors (Lipinski definition) is 3. The molecule has 0 aromatic carbocycles. The van der Waals surface area contributed by atoms with Crippen molar-refractivity contribution in [3.05, 3.63) is 47.5 Å². The molecule has 0 fully saturated rings. The van der Waals surface area contributed by atoms with Crippen molar-refractivity contribution in [3.8, 4) is 0 Å². The lowest BCUT2D eigenvalue weighted by Gasteiger charge is -2.03. The van der Waals surface area contributed by atoms with Gasteiger partial charge in [-0.3, -0.25) is 14.5 Å². The van der Waals surface area contributed by atoms with Gasteiger partial charge in [0.25, 0.3) is 5.91 Å². The van der Waals surface area contributed by atoms with Gasteiger partial charge in [0.15, 0.2) is 5.84 Å². The Bertz CT molecular complexity index is 632. The summed E-state index contributed by atoms with van der Waals surface area (Å²) in [5, 5.41) is 18.2. The van der Waals surface area contributed by atoms with Crippen molar-refractivity contribution in [2.45, 2.75) is 6.54 Å². The zero-order chi connectivity index (χ0) is 14.5. The number of nitrogens with two attached hydrogens (primary N) is 1. The molecule has 8 nitrogen and oxygen atoms in total. The Morgan fingerprint density at radius 3 is 2.85 bits per heavy atom. The summed E-state index contributed by atoms with van der Waals surface area (Å²) < 4.78 is 1.66. The van der Waals surface area contributed by atoms with Gasteiger partial charge in [-0.2, -0.15) is 5.10 Å². The summed E-state index contributed by atoms with van der Waals surface area (Å²) in [4.78, 5) is 15.8. The maximum absolute atomic E-state index is 11.9. The Labute approximate surface area is 114 Å². The maximum Gasteiger partial charge on any atom is 0.270 e. The number of aromatic nitrogens is 3. The molecule has 0 saturated heterocycles. The van der Waals surface area contributed by atoms with E-state index in [4.69, 9.17) is 10.9 Å². The normalized spacial score (nSPS) is 11.3. The second kappa shape index (κ2) is 5.83.